The Morgan fingerprint density at radius 3 is 2.46 bits per heavy atom. The number of ether oxygens (including phenoxy) is 2. The molecule has 0 unspecified atom stereocenters. The Balaban J connectivity index is 1.53. The van der Waals surface area contributed by atoms with Crippen molar-refractivity contribution in [2.24, 2.45) is 11.8 Å². The second-order valence-electron chi connectivity index (χ2n) is 8.18. The lowest BCUT2D eigenvalue weighted by Gasteiger charge is -2.29. The lowest BCUT2D eigenvalue weighted by Crippen LogP contribution is -2.20. The molecular weight excluding hydrogens is 355 g/mol. The van der Waals surface area contributed by atoms with Crippen molar-refractivity contribution in [3.8, 4) is 11.5 Å². The van der Waals surface area contributed by atoms with Gasteiger partial charge >= 0.3 is 0 Å². The fraction of sp³-hybridized carbons (Fsp3) is 0.500. The zero-order valence-electron chi connectivity index (χ0n) is 17.0. The third kappa shape index (κ3) is 5.05. The van der Waals surface area contributed by atoms with Crippen molar-refractivity contribution in [1.82, 2.24) is 0 Å². The maximum Gasteiger partial charge on any atom is 0.126 e. The van der Waals surface area contributed by atoms with E-state index < -0.39 is 6.10 Å². The van der Waals surface area contributed by atoms with Gasteiger partial charge < -0.3 is 14.6 Å². The highest BCUT2D eigenvalue weighted by atomic mass is 19.1. The van der Waals surface area contributed by atoms with Gasteiger partial charge in [0.05, 0.1) is 19.8 Å². The summed E-state index contributed by atoms with van der Waals surface area (Å²) in [6.45, 7) is 4.66. The van der Waals surface area contributed by atoms with Crippen molar-refractivity contribution < 1.29 is 19.0 Å². The van der Waals surface area contributed by atoms with Crippen LogP contribution in [0.4, 0.5) is 4.39 Å². The van der Waals surface area contributed by atoms with E-state index >= 15 is 0 Å². The van der Waals surface area contributed by atoms with Crippen LogP contribution in [0.25, 0.3) is 0 Å². The Morgan fingerprint density at radius 2 is 1.79 bits per heavy atom. The van der Waals surface area contributed by atoms with E-state index in [9.17, 15) is 9.50 Å². The molecule has 1 fully saturated rings. The SMILES string of the molecule is COc1ccc(F)c(C2CCC(COc3cccc([C@H](O)C(C)C)c3)CC2)c1. The van der Waals surface area contributed by atoms with Crippen LogP contribution < -0.4 is 9.47 Å². The average molecular weight is 387 g/mol. The standard InChI is InChI=1S/C24H31FO3/c1-16(2)24(26)19-5-4-6-21(13-19)28-15-17-7-9-18(10-8-17)22-14-20(27-3)11-12-23(22)25/h4-6,11-14,16-18,24,26H,7-10,15H2,1-3H3/t17?,18?,24-/m1/s1. The molecule has 0 heterocycles. The summed E-state index contributed by atoms with van der Waals surface area (Å²) < 4.78 is 25.5. The van der Waals surface area contributed by atoms with Crippen molar-refractivity contribution in [2.45, 2.75) is 51.6 Å². The Morgan fingerprint density at radius 1 is 1.04 bits per heavy atom. The minimum atomic E-state index is -0.475. The van der Waals surface area contributed by atoms with Gasteiger partial charge in [0.15, 0.2) is 0 Å². The van der Waals surface area contributed by atoms with Crippen LogP contribution in [0.15, 0.2) is 42.5 Å². The predicted octanol–water partition coefficient (Wildman–Crippen LogP) is 5.88. The van der Waals surface area contributed by atoms with E-state index in [1.54, 1.807) is 13.2 Å². The Bertz CT molecular complexity index is 766. The molecule has 3 nitrogen and oxygen atoms in total. The van der Waals surface area contributed by atoms with Gasteiger partial charge in [-0.15, -0.1) is 0 Å². The summed E-state index contributed by atoms with van der Waals surface area (Å²) in [5.74, 6) is 2.27. The quantitative estimate of drug-likeness (QED) is 0.646. The lowest BCUT2D eigenvalue weighted by molar-refractivity contribution is 0.126. The van der Waals surface area contributed by atoms with E-state index in [1.807, 2.05) is 44.2 Å². The fourth-order valence-corrected chi connectivity index (χ4v) is 3.99. The van der Waals surface area contributed by atoms with Crippen LogP contribution in [0.3, 0.4) is 0 Å². The smallest absolute Gasteiger partial charge is 0.126 e. The van der Waals surface area contributed by atoms with Gasteiger partial charge in [0.1, 0.15) is 17.3 Å². The summed E-state index contributed by atoms with van der Waals surface area (Å²) in [7, 11) is 1.61. The summed E-state index contributed by atoms with van der Waals surface area (Å²) in [5.41, 5.74) is 1.67. The highest BCUT2D eigenvalue weighted by Crippen LogP contribution is 2.38. The first kappa shape index (κ1) is 20.7. The molecule has 1 N–H and O–H groups in total. The Labute approximate surface area is 167 Å². The largest absolute Gasteiger partial charge is 0.497 e. The molecule has 152 valence electrons. The molecular formula is C24H31FO3. The lowest BCUT2D eigenvalue weighted by atomic mass is 9.79. The Kier molecular flexibility index (Phi) is 6.95. The average Bonchev–Trinajstić information content (AvgIpc) is 2.72. The summed E-state index contributed by atoms with van der Waals surface area (Å²) in [4.78, 5) is 0. The van der Waals surface area contributed by atoms with E-state index in [0.717, 1.165) is 42.6 Å². The minimum absolute atomic E-state index is 0.138. The summed E-state index contributed by atoms with van der Waals surface area (Å²) in [6.07, 6.45) is 3.50. The van der Waals surface area contributed by atoms with Crippen molar-refractivity contribution in [1.29, 1.82) is 0 Å². The van der Waals surface area contributed by atoms with Gasteiger partial charge in [0, 0.05) is 0 Å². The molecule has 0 aromatic heterocycles. The minimum Gasteiger partial charge on any atom is -0.497 e. The van der Waals surface area contributed by atoms with Crippen LogP contribution in [0, 0.1) is 17.7 Å². The highest BCUT2D eigenvalue weighted by molar-refractivity contribution is 5.33. The molecule has 1 atom stereocenters. The fourth-order valence-electron chi connectivity index (χ4n) is 3.99. The molecule has 0 radical (unpaired) electrons. The number of hydrogen-bond donors (Lipinski definition) is 1. The number of aliphatic hydroxyl groups is 1. The first-order valence-corrected chi connectivity index (χ1v) is 10.2. The molecule has 1 aliphatic carbocycles. The van der Waals surface area contributed by atoms with E-state index in [4.69, 9.17) is 9.47 Å². The second kappa shape index (κ2) is 9.42. The van der Waals surface area contributed by atoms with Crippen LogP contribution in [0.1, 0.15) is 62.7 Å². The molecule has 4 heteroatoms. The van der Waals surface area contributed by atoms with Gasteiger partial charge in [0.2, 0.25) is 0 Å². The zero-order valence-corrected chi connectivity index (χ0v) is 17.0. The van der Waals surface area contributed by atoms with E-state index in [2.05, 4.69) is 0 Å². The van der Waals surface area contributed by atoms with E-state index in [1.165, 1.54) is 6.07 Å². The number of aliphatic hydroxyl groups excluding tert-OH is 1. The van der Waals surface area contributed by atoms with Gasteiger partial charge in [-0.3, -0.25) is 0 Å². The number of methoxy groups -OCH3 is 1. The summed E-state index contributed by atoms with van der Waals surface area (Å²) in [5, 5.41) is 10.2. The van der Waals surface area contributed by atoms with Crippen molar-refractivity contribution >= 4 is 0 Å². The number of hydrogen-bond acceptors (Lipinski definition) is 3. The molecule has 0 aliphatic heterocycles. The Hall–Kier alpha value is -2.07. The predicted molar refractivity (Wildman–Crippen MR) is 109 cm³/mol. The van der Waals surface area contributed by atoms with Gasteiger partial charge in [-0.1, -0.05) is 26.0 Å². The third-order valence-electron chi connectivity index (χ3n) is 5.81. The van der Waals surface area contributed by atoms with Gasteiger partial charge in [-0.25, -0.2) is 4.39 Å². The van der Waals surface area contributed by atoms with Crippen molar-refractivity contribution in [3.05, 3.63) is 59.4 Å². The topological polar surface area (TPSA) is 38.7 Å². The molecule has 2 aromatic carbocycles. The van der Waals surface area contributed by atoms with Crippen LogP contribution >= 0.6 is 0 Å². The number of halogens is 1. The normalized spacial score (nSPS) is 20.8. The second-order valence-corrected chi connectivity index (χ2v) is 8.18. The summed E-state index contributed by atoms with van der Waals surface area (Å²) >= 11 is 0. The highest BCUT2D eigenvalue weighted by Gasteiger charge is 2.25. The van der Waals surface area contributed by atoms with E-state index in [0.29, 0.717) is 18.3 Å². The molecule has 3 rings (SSSR count). The first-order chi connectivity index (χ1) is 13.5. The van der Waals surface area contributed by atoms with Crippen LogP contribution in [-0.2, 0) is 0 Å². The van der Waals surface area contributed by atoms with Gasteiger partial charge in [0.25, 0.3) is 0 Å². The first-order valence-electron chi connectivity index (χ1n) is 10.2. The molecule has 0 spiro atoms. The molecule has 1 aliphatic rings. The molecule has 28 heavy (non-hydrogen) atoms. The molecule has 0 saturated heterocycles. The molecule has 0 amide bonds. The third-order valence-corrected chi connectivity index (χ3v) is 5.81. The summed E-state index contributed by atoms with van der Waals surface area (Å²) in [6, 6.07) is 12.7. The van der Waals surface area contributed by atoms with Crippen molar-refractivity contribution in [2.75, 3.05) is 13.7 Å². The van der Waals surface area contributed by atoms with E-state index in [-0.39, 0.29) is 17.7 Å². The van der Waals surface area contributed by atoms with Gasteiger partial charge in [-0.2, -0.15) is 0 Å². The van der Waals surface area contributed by atoms with Crippen LogP contribution in [0.2, 0.25) is 0 Å². The zero-order chi connectivity index (χ0) is 20.1. The maximum atomic E-state index is 14.2. The molecule has 2 aromatic rings. The van der Waals surface area contributed by atoms with Gasteiger partial charge in [-0.05, 0) is 84.9 Å². The molecule has 0 bridgehead atoms. The van der Waals surface area contributed by atoms with Crippen LogP contribution in [-0.4, -0.2) is 18.8 Å². The van der Waals surface area contributed by atoms with Crippen molar-refractivity contribution in [3.63, 3.8) is 0 Å². The van der Waals surface area contributed by atoms with Crippen LogP contribution in [0.5, 0.6) is 11.5 Å². The number of rotatable bonds is 7. The monoisotopic (exact) mass is 386 g/mol. The maximum absolute atomic E-state index is 14.2. The number of benzene rings is 2. The molecule has 1 saturated carbocycles.